The maximum atomic E-state index is 12.5. The van der Waals surface area contributed by atoms with E-state index in [1.165, 1.54) is 65.3 Å². The minimum absolute atomic E-state index is 0.540. The van der Waals surface area contributed by atoms with E-state index in [-0.39, 0.29) is 0 Å². The van der Waals surface area contributed by atoms with E-state index in [4.69, 9.17) is 4.98 Å². The van der Waals surface area contributed by atoms with Crippen LogP contribution in [-0.4, -0.2) is 23.3 Å². The van der Waals surface area contributed by atoms with Gasteiger partial charge in [-0.15, -0.1) is 0 Å². The lowest BCUT2D eigenvalue weighted by atomic mass is 9.76. The summed E-state index contributed by atoms with van der Waals surface area (Å²) in [5.74, 6) is 0. The van der Waals surface area contributed by atoms with Crippen LogP contribution in [0.25, 0.3) is 166 Å². The van der Waals surface area contributed by atoms with Crippen LogP contribution in [-0.2, 0) is 0 Å². The molecule has 6 heteroatoms. The van der Waals surface area contributed by atoms with Gasteiger partial charge in [0.1, 0.15) is 6.07 Å². The van der Waals surface area contributed by atoms with Gasteiger partial charge in [-0.25, -0.2) is 0 Å². The van der Waals surface area contributed by atoms with E-state index in [0.717, 1.165) is 128 Å². The molecule has 0 unspecified atom stereocenters. The molecule has 0 saturated carbocycles. The third kappa shape index (κ3) is 8.74. The van der Waals surface area contributed by atoms with Crippen LogP contribution >= 0.6 is 0 Å². The van der Waals surface area contributed by atoms with Crippen molar-refractivity contribution in [2.45, 2.75) is 34.6 Å². The van der Waals surface area contributed by atoms with Gasteiger partial charge in [-0.1, -0.05) is 174 Å². The lowest BCUT2D eigenvalue weighted by molar-refractivity contribution is 1.18. The molecule has 0 spiro atoms. The highest BCUT2D eigenvalue weighted by Crippen LogP contribution is 2.54. The standard InChI is InChI=1S/C89H62N6/c1-54-25-45-81-71(49-54)67-16-6-10-21-77(67)92(81)63-37-29-59(30-38-63)85-75(53-90)89(76-20-14-15-58(5)91-76)88(62-35-43-66(44-36-62)95-80-24-13-9-19-70(80)74-52-57(4)28-48-84(74)95)87(61-33-41-65(42-34-61)94-79-23-12-8-18-69(79)73-51-56(3)27-47-83(73)94)86(85)60-31-39-64(40-32-60)93-78-22-11-7-17-68(78)72-50-55(2)26-46-82(72)93/h6-52H,1-5H3. The molecule has 448 valence electrons. The number of rotatable bonds is 9. The molecule has 0 amide bonds. The average molecular weight is 1220 g/mol. The van der Waals surface area contributed by atoms with Crippen LogP contribution in [0, 0.1) is 45.9 Å². The Balaban J connectivity index is 0.943. The topological polar surface area (TPSA) is 56.4 Å². The lowest BCUT2D eigenvalue weighted by Crippen LogP contribution is -2.04. The summed E-state index contributed by atoms with van der Waals surface area (Å²) in [6.45, 7) is 10.7. The zero-order valence-corrected chi connectivity index (χ0v) is 53.3. The van der Waals surface area contributed by atoms with Crippen molar-refractivity contribution in [3.05, 3.63) is 319 Å². The van der Waals surface area contributed by atoms with Crippen LogP contribution in [0.2, 0.25) is 0 Å². The van der Waals surface area contributed by atoms with Gasteiger partial charge in [-0.2, -0.15) is 5.26 Å². The summed E-state index contributed by atoms with van der Waals surface area (Å²) < 4.78 is 9.53. The smallest absolute Gasteiger partial charge is 0.101 e. The van der Waals surface area contributed by atoms with Gasteiger partial charge >= 0.3 is 0 Å². The molecule has 0 radical (unpaired) electrons. The maximum Gasteiger partial charge on any atom is 0.101 e. The SMILES string of the molecule is Cc1ccc2c(c1)c1ccccc1n2-c1ccc(-c2c(C#N)c(-c3cccc(C)n3)c(-c3ccc(-n4c5ccccc5c5cc(C)ccc54)cc3)c(-c3ccc(-n4c5ccccc5c5cc(C)ccc54)cc3)c2-c2ccc(-n3c4ccccc4c4cc(C)ccc43)cc2)cc1. The largest absolute Gasteiger partial charge is 0.309 e. The number of nitrogens with zero attached hydrogens (tertiary/aromatic N) is 6. The van der Waals surface area contributed by atoms with Gasteiger partial charge < -0.3 is 18.3 Å². The number of aryl methyl sites for hydroxylation is 5. The molecule has 18 rings (SSSR count). The van der Waals surface area contributed by atoms with E-state index >= 15 is 0 Å². The fraction of sp³-hybridized carbons (Fsp3) is 0.0562. The average Bonchev–Trinajstić information content (AvgIpc) is 1.59. The molecule has 0 aliphatic rings. The van der Waals surface area contributed by atoms with Crippen LogP contribution in [0.15, 0.2) is 285 Å². The number of pyridine rings is 1. The van der Waals surface area contributed by atoms with E-state index in [2.05, 4.69) is 331 Å². The Morgan fingerprint density at radius 2 is 0.526 bits per heavy atom. The van der Waals surface area contributed by atoms with Crippen molar-refractivity contribution in [3.63, 3.8) is 0 Å². The fourth-order valence-corrected chi connectivity index (χ4v) is 15.5. The molecule has 0 aliphatic heterocycles. The van der Waals surface area contributed by atoms with E-state index in [1.54, 1.807) is 0 Å². The molecule has 0 bridgehead atoms. The van der Waals surface area contributed by atoms with E-state index < -0.39 is 0 Å². The van der Waals surface area contributed by atoms with Crippen LogP contribution in [0.5, 0.6) is 0 Å². The normalized spacial score (nSPS) is 11.8. The number of benzene rings is 13. The molecular weight excluding hydrogens is 1150 g/mol. The van der Waals surface area contributed by atoms with Crippen LogP contribution in [0.3, 0.4) is 0 Å². The van der Waals surface area contributed by atoms with Crippen molar-refractivity contribution in [1.82, 2.24) is 23.3 Å². The second-order valence-electron chi connectivity index (χ2n) is 25.7. The molecule has 0 fully saturated rings. The van der Waals surface area contributed by atoms with Gasteiger partial charge in [0.15, 0.2) is 0 Å². The van der Waals surface area contributed by atoms with Crippen LogP contribution in [0.1, 0.15) is 33.5 Å². The monoisotopic (exact) mass is 1210 g/mol. The first-order chi connectivity index (χ1) is 46.6. The lowest BCUT2D eigenvalue weighted by Gasteiger charge is -2.26. The third-order valence-corrected chi connectivity index (χ3v) is 19.7. The minimum atomic E-state index is 0.540. The summed E-state index contributed by atoms with van der Waals surface area (Å²) in [7, 11) is 0. The maximum absolute atomic E-state index is 12.5. The Labute approximate surface area is 550 Å². The number of fused-ring (bicyclic) bond motifs is 12. The van der Waals surface area contributed by atoms with E-state index in [0.29, 0.717) is 5.56 Å². The van der Waals surface area contributed by atoms with Crippen LogP contribution < -0.4 is 0 Å². The molecule has 95 heavy (non-hydrogen) atoms. The van der Waals surface area contributed by atoms with Gasteiger partial charge in [0.05, 0.1) is 55.4 Å². The summed E-state index contributed by atoms with van der Waals surface area (Å²) in [6.07, 6.45) is 0. The van der Waals surface area contributed by atoms with Crippen molar-refractivity contribution >= 4 is 87.2 Å². The van der Waals surface area contributed by atoms with Gasteiger partial charge in [0.2, 0.25) is 0 Å². The number of para-hydroxylation sites is 4. The highest BCUT2D eigenvalue weighted by Gasteiger charge is 2.30. The second-order valence-corrected chi connectivity index (χ2v) is 25.7. The predicted octanol–water partition coefficient (Wildman–Crippen LogP) is 23.2. The summed E-state index contributed by atoms with van der Waals surface area (Å²) in [6, 6.07) is 107. The van der Waals surface area contributed by atoms with Gasteiger partial charge in [-0.05, 0) is 201 Å². The Morgan fingerprint density at radius 1 is 0.253 bits per heavy atom. The Morgan fingerprint density at radius 3 is 0.832 bits per heavy atom. The minimum Gasteiger partial charge on any atom is -0.309 e. The first-order valence-corrected chi connectivity index (χ1v) is 32.6. The number of nitriles is 1. The molecule has 13 aromatic carbocycles. The molecule has 0 aliphatic carbocycles. The van der Waals surface area contributed by atoms with Crippen molar-refractivity contribution in [3.8, 4) is 84.6 Å². The number of hydrogen-bond donors (Lipinski definition) is 0. The molecule has 5 heterocycles. The Kier molecular flexibility index (Phi) is 12.7. The number of aromatic nitrogens is 5. The van der Waals surface area contributed by atoms with Crippen molar-refractivity contribution in [2.75, 3.05) is 0 Å². The number of hydrogen-bond acceptors (Lipinski definition) is 2. The molecular formula is C89H62N6. The van der Waals surface area contributed by atoms with Crippen LogP contribution in [0.4, 0.5) is 0 Å². The molecule has 0 N–H and O–H groups in total. The van der Waals surface area contributed by atoms with E-state index in [9.17, 15) is 5.26 Å². The Hall–Kier alpha value is -12.3. The predicted molar refractivity (Wildman–Crippen MR) is 397 cm³/mol. The summed E-state index contributed by atoms with van der Waals surface area (Å²) in [4.78, 5) is 5.40. The van der Waals surface area contributed by atoms with Gasteiger partial charge in [0, 0.05) is 88.2 Å². The highest BCUT2D eigenvalue weighted by atomic mass is 15.0. The highest BCUT2D eigenvalue weighted by molar-refractivity contribution is 6.15. The molecule has 0 atom stereocenters. The first-order valence-electron chi connectivity index (χ1n) is 32.6. The fourth-order valence-electron chi connectivity index (χ4n) is 15.5. The zero-order valence-electron chi connectivity index (χ0n) is 53.3. The van der Waals surface area contributed by atoms with Crippen molar-refractivity contribution < 1.29 is 0 Å². The first kappa shape index (κ1) is 55.5. The van der Waals surface area contributed by atoms with Crippen molar-refractivity contribution in [2.24, 2.45) is 0 Å². The molecule has 6 nitrogen and oxygen atoms in total. The summed E-state index contributed by atoms with van der Waals surface area (Å²) in [5.41, 5.74) is 28.6. The zero-order chi connectivity index (χ0) is 63.7. The van der Waals surface area contributed by atoms with E-state index in [1.807, 2.05) is 13.0 Å². The quantitative estimate of drug-likeness (QED) is 0.145. The molecule has 0 saturated heterocycles. The summed E-state index contributed by atoms with van der Waals surface area (Å²) >= 11 is 0. The van der Waals surface area contributed by atoms with Gasteiger partial charge in [-0.3, -0.25) is 4.98 Å². The Bertz CT molecular complexity index is 6240. The summed E-state index contributed by atoms with van der Waals surface area (Å²) in [5, 5.41) is 22.2. The van der Waals surface area contributed by atoms with Gasteiger partial charge in [0.25, 0.3) is 0 Å². The molecule has 18 aromatic rings. The van der Waals surface area contributed by atoms with Crippen molar-refractivity contribution in [1.29, 1.82) is 5.26 Å². The second kappa shape index (κ2) is 21.7. The third-order valence-electron chi connectivity index (χ3n) is 19.7. The molecule has 5 aromatic heterocycles.